The van der Waals surface area contributed by atoms with Crippen molar-refractivity contribution in [3.8, 4) is 11.1 Å². The van der Waals surface area contributed by atoms with Crippen LogP contribution in [0.3, 0.4) is 0 Å². The molecule has 6 rings (SSSR count). The molecule has 3 N–H and O–H groups in total. The summed E-state index contributed by atoms with van der Waals surface area (Å²) in [4.78, 5) is 2.73. The van der Waals surface area contributed by atoms with E-state index >= 15 is 0 Å². The van der Waals surface area contributed by atoms with Gasteiger partial charge in [0.2, 0.25) is 0 Å². The molecule has 0 spiro atoms. The van der Waals surface area contributed by atoms with Gasteiger partial charge in [-0.2, -0.15) is 10.2 Å². The molecule has 1 aromatic carbocycles. The van der Waals surface area contributed by atoms with Gasteiger partial charge in [-0.3, -0.25) is 14.3 Å². The van der Waals surface area contributed by atoms with Crippen molar-refractivity contribution in [3.63, 3.8) is 0 Å². The summed E-state index contributed by atoms with van der Waals surface area (Å²) in [6.45, 7) is 9.60. The van der Waals surface area contributed by atoms with Crippen molar-refractivity contribution < 1.29 is 8.78 Å². The summed E-state index contributed by atoms with van der Waals surface area (Å²) in [5.74, 6) is 1.72. The van der Waals surface area contributed by atoms with Crippen LogP contribution in [-0.4, -0.2) is 69.8 Å². The molecule has 2 saturated heterocycles. The molecule has 41 heavy (non-hydrogen) atoms. The van der Waals surface area contributed by atoms with Crippen LogP contribution < -0.4 is 16.0 Å². The molecule has 0 aliphatic carbocycles. The fourth-order valence-corrected chi connectivity index (χ4v) is 7.08. The lowest BCUT2D eigenvalue weighted by atomic mass is 9.91. The van der Waals surface area contributed by atoms with Crippen molar-refractivity contribution >= 4 is 5.82 Å². The van der Waals surface area contributed by atoms with Gasteiger partial charge in [0.05, 0.1) is 12.2 Å². The Bertz CT molecular complexity index is 1310. The van der Waals surface area contributed by atoms with Crippen molar-refractivity contribution in [2.45, 2.75) is 70.5 Å². The quantitative estimate of drug-likeness (QED) is 0.330. The zero-order valence-electron chi connectivity index (χ0n) is 24.4. The Morgan fingerprint density at radius 3 is 2.73 bits per heavy atom. The van der Waals surface area contributed by atoms with E-state index in [0.29, 0.717) is 23.6 Å². The monoisotopic (exact) mass is 566 g/mol. The Labute approximate surface area is 241 Å². The number of hydrogen-bond acceptors (Lipinski definition) is 6. The van der Waals surface area contributed by atoms with Gasteiger partial charge < -0.3 is 16.0 Å². The summed E-state index contributed by atoms with van der Waals surface area (Å²) >= 11 is 0. The summed E-state index contributed by atoms with van der Waals surface area (Å²) < 4.78 is 31.4. The fourth-order valence-electron chi connectivity index (χ4n) is 7.08. The third kappa shape index (κ3) is 6.20. The van der Waals surface area contributed by atoms with E-state index in [1.165, 1.54) is 17.7 Å². The number of benzene rings is 1. The molecular formula is C31H44F2N8. The van der Waals surface area contributed by atoms with Crippen LogP contribution in [0.5, 0.6) is 0 Å². The SMILES string of the molecule is C[C@H]1CNCC[C@H]1N1CCC(n2nc(NCCCc3ccc(C(F)F)c(-c4cnn(C)c4)c3)c3c2CCNC3)CC1. The second-order valence-electron chi connectivity index (χ2n) is 12.1. The summed E-state index contributed by atoms with van der Waals surface area (Å²) in [5.41, 5.74) is 5.11. The largest absolute Gasteiger partial charge is 0.368 e. The minimum absolute atomic E-state index is 0.0561. The van der Waals surface area contributed by atoms with E-state index in [4.69, 9.17) is 5.10 Å². The van der Waals surface area contributed by atoms with Crippen molar-refractivity contribution in [3.05, 3.63) is 53.0 Å². The highest BCUT2D eigenvalue weighted by atomic mass is 19.3. The van der Waals surface area contributed by atoms with Crippen LogP contribution in [0.1, 0.15) is 67.5 Å². The number of fused-ring (bicyclic) bond motifs is 1. The van der Waals surface area contributed by atoms with E-state index in [0.717, 1.165) is 94.9 Å². The maximum atomic E-state index is 13.7. The average molecular weight is 567 g/mol. The zero-order chi connectivity index (χ0) is 28.3. The summed E-state index contributed by atoms with van der Waals surface area (Å²) in [6.07, 6.45) is 7.21. The number of alkyl halides is 2. The molecule has 0 radical (unpaired) electrons. The Kier molecular flexibility index (Phi) is 8.69. The number of piperidine rings is 2. The van der Waals surface area contributed by atoms with Gasteiger partial charge in [0, 0.05) is 80.8 Å². The van der Waals surface area contributed by atoms with Crippen LogP contribution in [0.15, 0.2) is 30.6 Å². The second kappa shape index (κ2) is 12.6. The van der Waals surface area contributed by atoms with Gasteiger partial charge in [0.1, 0.15) is 0 Å². The number of hydrogen-bond donors (Lipinski definition) is 3. The maximum Gasteiger partial charge on any atom is 0.264 e. The highest BCUT2D eigenvalue weighted by molar-refractivity contribution is 5.67. The van der Waals surface area contributed by atoms with Crippen molar-refractivity contribution in [1.29, 1.82) is 0 Å². The van der Waals surface area contributed by atoms with Gasteiger partial charge >= 0.3 is 0 Å². The topological polar surface area (TPSA) is 75.0 Å². The lowest BCUT2D eigenvalue weighted by Crippen LogP contribution is -2.51. The predicted octanol–water partition coefficient (Wildman–Crippen LogP) is 4.55. The van der Waals surface area contributed by atoms with E-state index in [2.05, 4.69) is 37.6 Å². The van der Waals surface area contributed by atoms with Gasteiger partial charge in [-0.05, 0) is 62.2 Å². The van der Waals surface area contributed by atoms with Gasteiger partial charge in [0.15, 0.2) is 5.82 Å². The van der Waals surface area contributed by atoms with E-state index in [1.807, 2.05) is 12.1 Å². The zero-order valence-corrected chi connectivity index (χ0v) is 24.4. The lowest BCUT2D eigenvalue weighted by molar-refractivity contribution is 0.0796. The third-order valence-electron chi connectivity index (χ3n) is 9.32. The highest BCUT2D eigenvalue weighted by Gasteiger charge is 2.32. The molecule has 3 aliphatic heterocycles. The van der Waals surface area contributed by atoms with Crippen molar-refractivity contribution in [1.82, 2.24) is 35.1 Å². The highest BCUT2D eigenvalue weighted by Crippen LogP contribution is 2.34. The molecule has 3 aromatic rings. The molecule has 0 unspecified atom stereocenters. The molecule has 2 aromatic heterocycles. The first kappa shape index (κ1) is 28.3. The molecule has 3 aliphatic rings. The molecule has 2 fully saturated rings. The average Bonchev–Trinajstić information content (AvgIpc) is 3.59. The lowest BCUT2D eigenvalue weighted by Gasteiger charge is -2.42. The maximum absolute atomic E-state index is 13.7. The number of anilines is 1. The van der Waals surface area contributed by atoms with Crippen LogP contribution in [0, 0.1) is 5.92 Å². The number of halogens is 2. The van der Waals surface area contributed by atoms with Crippen LogP contribution in [0.25, 0.3) is 11.1 Å². The minimum atomic E-state index is -2.52. The summed E-state index contributed by atoms with van der Waals surface area (Å²) in [7, 11) is 1.80. The molecular weight excluding hydrogens is 522 g/mol. The third-order valence-corrected chi connectivity index (χ3v) is 9.32. The number of nitrogens with one attached hydrogen (secondary N) is 3. The Morgan fingerprint density at radius 1 is 1.12 bits per heavy atom. The molecule has 0 amide bonds. The number of rotatable bonds is 9. The van der Waals surface area contributed by atoms with Gasteiger partial charge in [-0.25, -0.2) is 8.78 Å². The number of likely N-dealkylation sites (tertiary alicyclic amines) is 1. The molecule has 222 valence electrons. The number of nitrogens with zero attached hydrogens (tertiary/aromatic N) is 5. The Hall–Kier alpha value is -2.82. The van der Waals surface area contributed by atoms with Gasteiger partial charge in [0.25, 0.3) is 6.43 Å². The first-order chi connectivity index (χ1) is 20.0. The van der Waals surface area contributed by atoms with Crippen molar-refractivity contribution in [2.75, 3.05) is 44.6 Å². The predicted molar refractivity (Wildman–Crippen MR) is 158 cm³/mol. The summed E-state index contributed by atoms with van der Waals surface area (Å²) in [6, 6.07) is 6.47. The van der Waals surface area contributed by atoms with E-state index in [1.54, 1.807) is 30.2 Å². The molecule has 0 saturated carbocycles. The first-order valence-electron chi connectivity index (χ1n) is 15.4. The van der Waals surface area contributed by atoms with Crippen LogP contribution >= 0.6 is 0 Å². The number of aryl methyl sites for hydroxylation is 2. The van der Waals surface area contributed by atoms with E-state index < -0.39 is 6.43 Å². The van der Waals surface area contributed by atoms with E-state index in [-0.39, 0.29) is 5.56 Å². The van der Waals surface area contributed by atoms with Gasteiger partial charge in [-0.1, -0.05) is 25.1 Å². The number of aromatic nitrogens is 4. The molecule has 2 atom stereocenters. The molecule has 5 heterocycles. The molecule has 10 heteroatoms. The minimum Gasteiger partial charge on any atom is -0.368 e. The van der Waals surface area contributed by atoms with E-state index in [9.17, 15) is 8.78 Å². The standard InChI is InChI=1S/C31H44F2N8/c1-21-17-34-12-7-28(21)40-14-9-24(10-15-40)41-29-8-13-35-19-27(29)31(38-41)36-11-3-4-22-5-6-25(30(32)33)26(16-22)23-18-37-39(2)20-23/h5-6,16,18,20-21,24,28,30,34-35H,3-4,7-15,17,19H2,1-2H3,(H,36,38)/t21-,28+/m0/s1. The van der Waals surface area contributed by atoms with Gasteiger partial charge in [-0.15, -0.1) is 0 Å². The van der Waals surface area contributed by atoms with Crippen LogP contribution in [0.4, 0.5) is 14.6 Å². The Morgan fingerprint density at radius 2 is 1.98 bits per heavy atom. The van der Waals surface area contributed by atoms with Crippen LogP contribution in [-0.2, 0) is 26.4 Å². The molecule has 8 nitrogen and oxygen atoms in total. The molecule has 0 bridgehead atoms. The fraction of sp³-hybridized carbons (Fsp3) is 0.613. The normalized spacial score (nSPS) is 22.3. The smallest absolute Gasteiger partial charge is 0.264 e. The van der Waals surface area contributed by atoms with Crippen LogP contribution in [0.2, 0.25) is 0 Å². The van der Waals surface area contributed by atoms with Crippen molar-refractivity contribution in [2.24, 2.45) is 13.0 Å². The first-order valence-corrected chi connectivity index (χ1v) is 15.4. The second-order valence-corrected chi connectivity index (χ2v) is 12.1. The summed E-state index contributed by atoms with van der Waals surface area (Å²) in [5, 5.41) is 20.0. The Balaban J connectivity index is 1.08.